The standard InChI is InChI=1S/C22H26N2O4S3/c1-5-29-22-23-18-12-11-17(13-19(18)30-22)31(26,27)24(14-16-9-7-6-8-10-16)20(15(2)3)21(25)28-4/h6-13,15,20H,5,14H2,1-4H3/t20-/m1/s1. The average Bonchev–Trinajstić information content (AvgIpc) is 3.15. The summed E-state index contributed by atoms with van der Waals surface area (Å²) in [5, 5.41) is 0. The first-order valence-electron chi connectivity index (χ1n) is 9.95. The molecule has 0 fully saturated rings. The Labute approximate surface area is 191 Å². The summed E-state index contributed by atoms with van der Waals surface area (Å²) in [5.41, 5.74) is 1.56. The molecule has 0 saturated heterocycles. The SMILES string of the molecule is CCSc1nc2ccc(S(=O)(=O)N(Cc3ccccc3)[C@@H](C(=O)OC)C(C)C)cc2s1. The average molecular weight is 479 g/mol. The fraction of sp³-hybridized carbons (Fsp3) is 0.364. The lowest BCUT2D eigenvalue weighted by atomic mass is 10.0. The van der Waals surface area contributed by atoms with E-state index >= 15 is 0 Å². The molecule has 1 atom stereocenters. The first-order chi connectivity index (χ1) is 14.8. The molecule has 6 nitrogen and oxygen atoms in total. The number of nitrogens with zero attached hydrogens (tertiary/aromatic N) is 2. The molecule has 166 valence electrons. The van der Waals surface area contributed by atoms with Crippen molar-refractivity contribution >= 4 is 49.3 Å². The van der Waals surface area contributed by atoms with Gasteiger partial charge in [-0.1, -0.05) is 62.9 Å². The maximum atomic E-state index is 13.8. The van der Waals surface area contributed by atoms with E-state index in [9.17, 15) is 13.2 Å². The summed E-state index contributed by atoms with van der Waals surface area (Å²) in [6, 6.07) is 13.2. The Kier molecular flexibility index (Phi) is 7.74. The highest BCUT2D eigenvalue weighted by Gasteiger charge is 2.38. The molecule has 0 unspecified atom stereocenters. The molecule has 31 heavy (non-hydrogen) atoms. The van der Waals surface area contributed by atoms with Crippen LogP contribution in [0.2, 0.25) is 0 Å². The monoisotopic (exact) mass is 478 g/mol. The van der Waals surface area contributed by atoms with Crippen LogP contribution in [0.25, 0.3) is 10.2 Å². The molecule has 0 amide bonds. The molecule has 0 spiro atoms. The largest absolute Gasteiger partial charge is 0.468 e. The van der Waals surface area contributed by atoms with Gasteiger partial charge in [-0.2, -0.15) is 4.31 Å². The maximum absolute atomic E-state index is 13.8. The minimum atomic E-state index is -3.99. The van der Waals surface area contributed by atoms with Gasteiger partial charge in [0, 0.05) is 6.54 Å². The van der Waals surface area contributed by atoms with Crippen LogP contribution in [0.15, 0.2) is 57.8 Å². The third kappa shape index (κ3) is 5.28. The molecule has 0 aliphatic heterocycles. The fourth-order valence-corrected chi connectivity index (χ4v) is 7.11. The van der Waals surface area contributed by atoms with Gasteiger partial charge in [-0.05, 0) is 35.4 Å². The van der Waals surface area contributed by atoms with Gasteiger partial charge in [-0.25, -0.2) is 13.4 Å². The van der Waals surface area contributed by atoms with E-state index in [2.05, 4.69) is 4.98 Å². The lowest BCUT2D eigenvalue weighted by Gasteiger charge is -2.31. The molecule has 1 heterocycles. The topological polar surface area (TPSA) is 76.6 Å². The fourth-order valence-electron chi connectivity index (χ4n) is 3.30. The summed E-state index contributed by atoms with van der Waals surface area (Å²) < 4.78 is 35.5. The molecule has 0 radical (unpaired) electrons. The zero-order valence-corrected chi connectivity index (χ0v) is 20.4. The number of sulfonamides is 1. The van der Waals surface area contributed by atoms with Crippen LogP contribution in [0.5, 0.6) is 0 Å². The minimum absolute atomic E-state index is 0.0682. The number of hydrogen-bond donors (Lipinski definition) is 0. The molecule has 3 rings (SSSR count). The van der Waals surface area contributed by atoms with Crippen molar-refractivity contribution in [3.63, 3.8) is 0 Å². The summed E-state index contributed by atoms with van der Waals surface area (Å²) in [6.45, 7) is 5.75. The van der Waals surface area contributed by atoms with Crippen molar-refractivity contribution in [1.82, 2.24) is 9.29 Å². The van der Waals surface area contributed by atoms with E-state index in [-0.39, 0.29) is 17.4 Å². The summed E-state index contributed by atoms with van der Waals surface area (Å²) in [5.74, 6) is 0.0472. The van der Waals surface area contributed by atoms with Crippen LogP contribution in [0, 0.1) is 5.92 Å². The van der Waals surface area contributed by atoms with Gasteiger partial charge >= 0.3 is 5.97 Å². The second kappa shape index (κ2) is 10.1. The van der Waals surface area contributed by atoms with Crippen molar-refractivity contribution in [3.8, 4) is 0 Å². The van der Waals surface area contributed by atoms with Crippen molar-refractivity contribution < 1.29 is 17.9 Å². The van der Waals surface area contributed by atoms with E-state index in [1.54, 1.807) is 30.0 Å². The van der Waals surface area contributed by atoms with Crippen LogP contribution in [-0.4, -0.2) is 42.6 Å². The predicted molar refractivity (Wildman–Crippen MR) is 126 cm³/mol. The summed E-state index contributed by atoms with van der Waals surface area (Å²) in [7, 11) is -2.71. The molecule has 0 aliphatic carbocycles. The van der Waals surface area contributed by atoms with Crippen molar-refractivity contribution in [1.29, 1.82) is 0 Å². The Balaban J connectivity index is 2.09. The van der Waals surface area contributed by atoms with Crippen LogP contribution < -0.4 is 0 Å². The number of carbonyl (C=O) groups excluding carboxylic acids is 1. The van der Waals surface area contributed by atoms with Gasteiger partial charge < -0.3 is 4.74 Å². The van der Waals surface area contributed by atoms with Crippen LogP contribution in [0.1, 0.15) is 26.3 Å². The Morgan fingerprint density at radius 1 is 1.19 bits per heavy atom. The van der Waals surface area contributed by atoms with Crippen LogP contribution in [-0.2, 0) is 26.1 Å². The molecule has 2 aromatic carbocycles. The van der Waals surface area contributed by atoms with Crippen LogP contribution >= 0.6 is 23.1 Å². The number of thiazole rings is 1. The zero-order valence-electron chi connectivity index (χ0n) is 17.9. The molecule has 0 saturated carbocycles. The number of fused-ring (bicyclic) bond motifs is 1. The Morgan fingerprint density at radius 3 is 2.52 bits per heavy atom. The van der Waals surface area contributed by atoms with Gasteiger partial charge in [-0.3, -0.25) is 4.79 Å². The number of hydrogen-bond acceptors (Lipinski definition) is 7. The van der Waals surface area contributed by atoms with Crippen LogP contribution in [0.4, 0.5) is 0 Å². The van der Waals surface area contributed by atoms with E-state index in [4.69, 9.17) is 4.74 Å². The molecule has 3 aromatic rings. The number of ether oxygens (including phenoxy) is 1. The lowest BCUT2D eigenvalue weighted by molar-refractivity contribution is -0.146. The minimum Gasteiger partial charge on any atom is -0.468 e. The number of thioether (sulfide) groups is 1. The molecule has 1 aromatic heterocycles. The first kappa shape index (κ1) is 23.7. The second-order valence-corrected chi connectivity index (χ2v) is 11.7. The Hall–Kier alpha value is -1.94. The highest BCUT2D eigenvalue weighted by atomic mass is 32.2. The normalized spacial score (nSPS) is 13.1. The Bertz CT molecular complexity index is 1140. The molecule has 0 aliphatic rings. The van der Waals surface area contributed by atoms with Crippen molar-refractivity contribution in [2.45, 2.75) is 42.6 Å². The third-order valence-corrected chi connectivity index (χ3v) is 8.65. The summed E-state index contributed by atoms with van der Waals surface area (Å²) >= 11 is 3.10. The van der Waals surface area contributed by atoms with E-state index < -0.39 is 22.0 Å². The third-order valence-electron chi connectivity index (χ3n) is 4.78. The zero-order chi connectivity index (χ0) is 22.6. The lowest BCUT2D eigenvalue weighted by Crippen LogP contribution is -2.48. The maximum Gasteiger partial charge on any atom is 0.324 e. The van der Waals surface area contributed by atoms with E-state index in [0.717, 1.165) is 25.9 Å². The van der Waals surface area contributed by atoms with Crippen LogP contribution in [0.3, 0.4) is 0 Å². The number of methoxy groups -OCH3 is 1. The molecular weight excluding hydrogens is 452 g/mol. The van der Waals surface area contributed by atoms with E-state index in [0.29, 0.717) is 0 Å². The van der Waals surface area contributed by atoms with Crippen molar-refractivity contribution in [2.24, 2.45) is 5.92 Å². The van der Waals surface area contributed by atoms with Gasteiger partial charge in [0.15, 0.2) is 4.34 Å². The quantitative estimate of drug-likeness (QED) is 0.325. The Morgan fingerprint density at radius 2 is 1.90 bits per heavy atom. The number of carbonyl (C=O) groups is 1. The highest BCUT2D eigenvalue weighted by Crippen LogP contribution is 2.33. The predicted octanol–water partition coefficient (Wildman–Crippen LogP) is 4.80. The second-order valence-electron chi connectivity index (χ2n) is 7.29. The highest BCUT2D eigenvalue weighted by molar-refractivity contribution is 8.01. The van der Waals surface area contributed by atoms with Gasteiger partial charge in [0.1, 0.15) is 6.04 Å². The first-order valence-corrected chi connectivity index (χ1v) is 13.2. The van der Waals surface area contributed by atoms with Gasteiger partial charge in [0.25, 0.3) is 0 Å². The molecule has 0 bridgehead atoms. The van der Waals surface area contributed by atoms with Gasteiger partial charge in [0.05, 0.1) is 22.2 Å². The van der Waals surface area contributed by atoms with E-state index in [1.807, 2.05) is 51.1 Å². The smallest absolute Gasteiger partial charge is 0.324 e. The summed E-state index contributed by atoms with van der Waals surface area (Å²) in [6.07, 6.45) is 0. The number of benzene rings is 2. The molecule has 0 N–H and O–H groups in total. The number of esters is 1. The molecule has 9 heteroatoms. The van der Waals surface area contributed by atoms with Crippen molar-refractivity contribution in [3.05, 3.63) is 54.1 Å². The van der Waals surface area contributed by atoms with E-state index in [1.165, 1.54) is 22.8 Å². The van der Waals surface area contributed by atoms with Gasteiger partial charge in [0.2, 0.25) is 10.0 Å². The summed E-state index contributed by atoms with van der Waals surface area (Å²) in [4.78, 5) is 17.3. The van der Waals surface area contributed by atoms with Gasteiger partial charge in [-0.15, -0.1) is 11.3 Å². The number of aromatic nitrogens is 1. The number of rotatable bonds is 9. The molecular formula is C22H26N2O4S3. The van der Waals surface area contributed by atoms with Crippen molar-refractivity contribution in [2.75, 3.05) is 12.9 Å².